The molecule has 0 aromatic carbocycles. The van der Waals surface area contributed by atoms with E-state index in [2.05, 4.69) is 14.9 Å². The number of hydrogen-bond donors (Lipinski definition) is 0. The van der Waals surface area contributed by atoms with E-state index >= 15 is 0 Å². The van der Waals surface area contributed by atoms with Crippen LogP contribution in [0.4, 0.5) is 0 Å². The highest BCUT2D eigenvalue weighted by Gasteiger charge is 2.08. The van der Waals surface area contributed by atoms with E-state index in [1.807, 2.05) is 20.2 Å². The first-order chi connectivity index (χ1) is 10.5. The molecule has 0 radical (unpaired) electrons. The monoisotopic (exact) mass is 334 g/mol. The van der Waals surface area contributed by atoms with Crippen LogP contribution in [0.3, 0.4) is 0 Å². The molecule has 0 aliphatic carbocycles. The lowest BCUT2D eigenvalue weighted by Crippen LogP contribution is -2.21. The highest BCUT2D eigenvalue weighted by molar-refractivity contribution is 7.11. The molecular formula is C15H15ClN4OS. The molecule has 5 nitrogen and oxygen atoms in total. The van der Waals surface area contributed by atoms with Crippen molar-refractivity contribution < 1.29 is 0 Å². The van der Waals surface area contributed by atoms with E-state index in [4.69, 9.17) is 11.6 Å². The molecule has 0 saturated carbocycles. The average Bonchev–Trinajstić information content (AvgIpc) is 2.85. The second-order valence-electron chi connectivity index (χ2n) is 5.18. The van der Waals surface area contributed by atoms with Crippen LogP contribution in [0.1, 0.15) is 15.6 Å². The molecule has 0 spiro atoms. The number of nitrogens with zero attached hydrogens (tertiary/aromatic N) is 4. The predicted molar refractivity (Wildman–Crippen MR) is 88.5 cm³/mol. The van der Waals surface area contributed by atoms with Gasteiger partial charge in [-0.15, -0.1) is 11.3 Å². The van der Waals surface area contributed by atoms with Crippen molar-refractivity contribution in [2.24, 2.45) is 0 Å². The van der Waals surface area contributed by atoms with Gasteiger partial charge in [-0.05, 0) is 26.1 Å². The molecule has 0 unspecified atom stereocenters. The largest absolute Gasteiger partial charge is 0.295 e. The third kappa shape index (κ3) is 3.35. The Kier molecular flexibility index (Phi) is 4.24. The van der Waals surface area contributed by atoms with E-state index < -0.39 is 0 Å². The van der Waals surface area contributed by atoms with Crippen LogP contribution in [0.2, 0.25) is 5.02 Å². The Labute approximate surface area is 136 Å². The number of hydrogen-bond acceptors (Lipinski definition) is 5. The van der Waals surface area contributed by atoms with Gasteiger partial charge in [0.05, 0.1) is 15.7 Å². The van der Waals surface area contributed by atoms with Crippen molar-refractivity contribution in [3.63, 3.8) is 0 Å². The standard InChI is InChI=1S/C15H15ClN4OS/c1-10-17-6-13(22-10)9-19(2)8-12-5-15(21)20-7-11(16)3-4-14(20)18-12/h3-7H,8-9H2,1-2H3. The lowest BCUT2D eigenvalue weighted by Gasteiger charge is -2.15. The van der Waals surface area contributed by atoms with Gasteiger partial charge in [-0.3, -0.25) is 14.1 Å². The molecule has 22 heavy (non-hydrogen) atoms. The van der Waals surface area contributed by atoms with Crippen molar-refractivity contribution in [3.05, 3.63) is 61.5 Å². The molecule has 0 aliphatic heterocycles. The minimum absolute atomic E-state index is 0.121. The number of thiazole rings is 1. The van der Waals surface area contributed by atoms with Crippen LogP contribution in [0, 0.1) is 6.92 Å². The van der Waals surface area contributed by atoms with E-state index in [9.17, 15) is 4.79 Å². The van der Waals surface area contributed by atoms with Crippen LogP contribution in [-0.2, 0) is 13.1 Å². The zero-order valence-corrected chi connectivity index (χ0v) is 13.9. The number of aryl methyl sites for hydroxylation is 1. The van der Waals surface area contributed by atoms with Crippen molar-refractivity contribution in [2.45, 2.75) is 20.0 Å². The fourth-order valence-corrected chi connectivity index (χ4v) is 3.32. The first-order valence-corrected chi connectivity index (χ1v) is 7.98. The van der Waals surface area contributed by atoms with E-state index in [0.717, 1.165) is 17.2 Å². The summed E-state index contributed by atoms with van der Waals surface area (Å²) in [6, 6.07) is 5.04. The third-order valence-electron chi connectivity index (χ3n) is 3.20. The van der Waals surface area contributed by atoms with Crippen LogP contribution >= 0.6 is 22.9 Å². The van der Waals surface area contributed by atoms with Gasteiger partial charge in [-0.2, -0.15) is 0 Å². The topological polar surface area (TPSA) is 50.5 Å². The van der Waals surface area contributed by atoms with Crippen molar-refractivity contribution in [3.8, 4) is 0 Å². The first kappa shape index (κ1) is 15.1. The molecular weight excluding hydrogens is 320 g/mol. The normalized spacial score (nSPS) is 11.5. The molecule has 3 heterocycles. The lowest BCUT2D eigenvalue weighted by molar-refractivity contribution is 0.317. The second-order valence-corrected chi connectivity index (χ2v) is 6.93. The van der Waals surface area contributed by atoms with Gasteiger partial charge in [0.15, 0.2) is 0 Å². The van der Waals surface area contributed by atoms with Crippen LogP contribution in [-0.4, -0.2) is 26.3 Å². The molecule has 3 aromatic rings. The van der Waals surface area contributed by atoms with Gasteiger partial charge in [0.2, 0.25) is 0 Å². The molecule has 0 N–H and O–H groups in total. The van der Waals surface area contributed by atoms with Gasteiger partial charge < -0.3 is 0 Å². The fourth-order valence-electron chi connectivity index (χ4n) is 2.28. The van der Waals surface area contributed by atoms with Gasteiger partial charge in [0.25, 0.3) is 5.56 Å². The molecule has 3 aromatic heterocycles. The summed E-state index contributed by atoms with van der Waals surface area (Å²) >= 11 is 7.59. The van der Waals surface area contributed by atoms with Gasteiger partial charge in [-0.25, -0.2) is 9.97 Å². The summed E-state index contributed by atoms with van der Waals surface area (Å²) in [5, 5.41) is 1.57. The van der Waals surface area contributed by atoms with Gasteiger partial charge in [0, 0.05) is 36.4 Å². The van der Waals surface area contributed by atoms with Gasteiger partial charge in [0.1, 0.15) is 5.65 Å². The van der Waals surface area contributed by atoms with Crippen LogP contribution in [0.5, 0.6) is 0 Å². The number of fused-ring (bicyclic) bond motifs is 1. The van der Waals surface area contributed by atoms with Gasteiger partial charge >= 0.3 is 0 Å². The Bertz CT molecular complexity index is 873. The van der Waals surface area contributed by atoms with E-state index in [1.165, 1.54) is 9.28 Å². The summed E-state index contributed by atoms with van der Waals surface area (Å²) < 4.78 is 1.46. The van der Waals surface area contributed by atoms with Crippen molar-refractivity contribution >= 4 is 28.6 Å². The molecule has 0 fully saturated rings. The maximum Gasteiger partial charge on any atom is 0.258 e. The van der Waals surface area contributed by atoms with Crippen molar-refractivity contribution in [1.82, 2.24) is 19.3 Å². The summed E-state index contributed by atoms with van der Waals surface area (Å²) in [5.74, 6) is 0. The Morgan fingerprint density at radius 1 is 1.36 bits per heavy atom. The zero-order valence-electron chi connectivity index (χ0n) is 12.3. The molecule has 0 saturated heterocycles. The third-order valence-corrected chi connectivity index (χ3v) is 4.32. The molecule has 0 bridgehead atoms. The summed E-state index contributed by atoms with van der Waals surface area (Å²) in [6.07, 6.45) is 3.47. The molecule has 114 valence electrons. The quantitative estimate of drug-likeness (QED) is 0.736. The Morgan fingerprint density at radius 2 is 2.18 bits per heavy atom. The number of aromatic nitrogens is 3. The molecule has 0 aliphatic rings. The van der Waals surface area contributed by atoms with Crippen molar-refractivity contribution in [1.29, 1.82) is 0 Å². The number of rotatable bonds is 4. The summed E-state index contributed by atoms with van der Waals surface area (Å²) in [4.78, 5) is 24.2. The van der Waals surface area contributed by atoms with E-state index in [0.29, 0.717) is 17.2 Å². The maximum absolute atomic E-state index is 12.1. The maximum atomic E-state index is 12.1. The Hall–Kier alpha value is -1.76. The molecule has 7 heteroatoms. The second kappa shape index (κ2) is 6.16. The Balaban J connectivity index is 1.81. The number of halogens is 1. The van der Waals surface area contributed by atoms with Crippen molar-refractivity contribution in [2.75, 3.05) is 7.05 Å². The highest BCUT2D eigenvalue weighted by atomic mass is 35.5. The smallest absolute Gasteiger partial charge is 0.258 e. The molecule has 0 amide bonds. The van der Waals surface area contributed by atoms with Crippen LogP contribution < -0.4 is 5.56 Å². The SMILES string of the molecule is Cc1ncc(CN(C)Cc2cc(=O)n3cc(Cl)ccc3n2)s1. The summed E-state index contributed by atoms with van der Waals surface area (Å²) in [6.45, 7) is 3.38. The van der Waals surface area contributed by atoms with Crippen LogP contribution in [0.25, 0.3) is 5.65 Å². The lowest BCUT2D eigenvalue weighted by atomic mass is 10.3. The van der Waals surface area contributed by atoms with E-state index in [-0.39, 0.29) is 5.56 Å². The highest BCUT2D eigenvalue weighted by Crippen LogP contribution is 2.14. The molecule has 0 atom stereocenters. The molecule has 3 rings (SSSR count). The Morgan fingerprint density at radius 3 is 2.91 bits per heavy atom. The first-order valence-electron chi connectivity index (χ1n) is 6.79. The summed E-state index contributed by atoms with van der Waals surface area (Å²) in [5.41, 5.74) is 1.23. The minimum Gasteiger partial charge on any atom is -0.295 e. The van der Waals surface area contributed by atoms with E-state index in [1.54, 1.807) is 35.7 Å². The fraction of sp³-hybridized carbons (Fsp3) is 0.267. The zero-order chi connectivity index (χ0) is 15.7. The summed E-state index contributed by atoms with van der Waals surface area (Å²) in [7, 11) is 2.00. The average molecular weight is 335 g/mol. The van der Waals surface area contributed by atoms with Crippen LogP contribution in [0.15, 0.2) is 35.4 Å². The van der Waals surface area contributed by atoms with Gasteiger partial charge in [-0.1, -0.05) is 11.6 Å². The minimum atomic E-state index is -0.121. The predicted octanol–water partition coefficient (Wildman–Crippen LogP) is 2.74. The number of pyridine rings is 1.